The Bertz CT molecular complexity index is 173. The summed E-state index contributed by atoms with van der Waals surface area (Å²) in [5.41, 5.74) is 5.10. The fourth-order valence-electron chi connectivity index (χ4n) is 0.906. The maximum Gasteiger partial charge on any atom is 0.183 e. The number of ether oxygens (including phenoxy) is 1. The van der Waals surface area contributed by atoms with E-state index in [1.807, 2.05) is 13.8 Å². The van der Waals surface area contributed by atoms with Crippen LogP contribution in [0.2, 0.25) is 0 Å². The zero-order chi connectivity index (χ0) is 8.65. The van der Waals surface area contributed by atoms with Crippen molar-refractivity contribution in [1.82, 2.24) is 0 Å². The molecule has 1 rings (SSSR count). The molecule has 1 heterocycles. The molecule has 2 N–H and O–H groups in total. The summed E-state index contributed by atoms with van der Waals surface area (Å²) in [5.74, 6) is 0.232. The number of Topliss-reactive ketones (excluding diaryl/α,β-unsaturated/α-hetero) is 1. The van der Waals surface area contributed by atoms with E-state index in [9.17, 15) is 4.79 Å². The van der Waals surface area contributed by atoms with Crippen molar-refractivity contribution < 1.29 is 9.53 Å². The van der Waals surface area contributed by atoms with Gasteiger partial charge in [0, 0.05) is 0 Å². The second-order valence-corrected chi connectivity index (χ2v) is 3.65. The van der Waals surface area contributed by atoms with Crippen LogP contribution in [0.4, 0.5) is 0 Å². The van der Waals surface area contributed by atoms with Crippen LogP contribution < -0.4 is 5.73 Å². The maximum atomic E-state index is 11.4. The summed E-state index contributed by atoms with van der Waals surface area (Å²) in [6.07, 6.45) is 0. The quantitative estimate of drug-likeness (QED) is 0.600. The van der Waals surface area contributed by atoms with Gasteiger partial charge in [0.15, 0.2) is 5.78 Å². The second-order valence-electron chi connectivity index (χ2n) is 3.65. The minimum atomic E-state index is -0.552. The van der Waals surface area contributed by atoms with E-state index in [1.54, 1.807) is 6.92 Å². The monoisotopic (exact) mass is 157 g/mol. The first kappa shape index (κ1) is 8.68. The molecule has 0 aliphatic carbocycles. The third-order valence-electron chi connectivity index (χ3n) is 2.12. The van der Waals surface area contributed by atoms with E-state index in [1.165, 1.54) is 0 Å². The Kier molecular flexibility index (Phi) is 2.03. The van der Waals surface area contributed by atoms with Crippen molar-refractivity contribution in [1.29, 1.82) is 0 Å². The molecule has 0 aromatic rings. The fourth-order valence-corrected chi connectivity index (χ4v) is 0.906. The van der Waals surface area contributed by atoms with Crippen molar-refractivity contribution in [2.75, 3.05) is 6.61 Å². The number of epoxide rings is 1. The number of nitrogens with two attached hydrogens (primary N) is 1. The van der Waals surface area contributed by atoms with Gasteiger partial charge >= 0.3 is 0 Å². The van der Waals surface area contributed by atoms with Gasteiger partial charge in [-0.2, -0.15) is 0 Å². The number of carbonyl (C=O) groups excluding carboxylic acids is 1. The Morgan fingerprint density at radius 1 is 1.64 bits per heavy atom. The Morgan fingerprint density at radius 3 is 2.36 bits per heavy atom. The Hall–Kier alpha value is -0.410. The summed E-state index contributed by atoms with van der Waals surface area (Å²) in [7, 11) is 0. The summed E-state index contributed by atoms with van der Waals surface area (Å²) in [6, 6.07) is -0.373. The van der Waals surface area contributed by atoms with Crippen molar-refractivity contribution >= 4 is 5.78 Å². The van der Waals surface area contributed by atoms with Crippen molar-refractivity contribution in [3.63, 3.8) is 0 Å². The SMILES string of the molecule is CC(C)C(N)C(=O)C1(C)CO1. The first-order valence-corrected chi connectivity index (χ1v) is 3.91. The van der Waals surface area contributed by atoms with E-state index in [-0.39, 0.29) is 17.7 Å². The lowest BCUT2D eigenvalue weighted by Crippen LogP contribution is -2.42. The fraction of sp³-hybridized carbons (Fsp3) is 0.875. The first-order chi connectivity index (χ1) is 4.97. The minimum absolute atomic E-state index is 0.0347. The normalized spacial score (nSPS) is 32.1. The van der Waals surface area contributed by atoms with Gasteiger partial charge in [-0.15, -0.1) is 0 Å². The van der Waals surface area contributed by atoms with Gasteiger partial charge in [-0.3, -0.25) is 4.79 Å². The minimum Gasteiger partial charge on any atom is -0.362 e. The lowest BCUT2D eigenvalue weighted by Gasteiger charge is -2.15. The van der Waals surface area contributed by atoms with Gasteiger partial charge in [-0.05, 0) is 12.8 Å². The molecular formula is C8H15NO2. The molecular weight excluding hydrogens is 142 g/mol. The Morgan fingerprint density at radius 2 is 2.09 bits per heavy atom. The molecule has 0 saturated carbocycles. The molecule has 1 saturated heterocycles. The largest absolute Gasteiger partial charge is 0.362 e. The molecule has 0 radical (unpaired) electrons. The second kappa shape index (κ2) is 2.57. The predicted molar refractivity (Wildman–Crippen MR) is 42.2 cm³/mol. The molecule has 1 aliphatic heterocycles. The highest BCUT2D eigenvalue weighted by atomic mass is 16.6. The van der Waals surface area contributed by atoms with E-state index in [0.717, 1.165) is 0 Å². The van der Waals surface area contributed by atoms with Gasteiger partial charge in [-0.25, -0.2) is 0 Å². The van der Waals surface area contributed by atoms with Gasteiger partial charge in [0.25, 0.3) is 0 Å². The van der Waals surface area contributed by atoms with Crippen LogP contribution in [0.15, 0.2) is 0 Å². The van der Waals surface area contributed by atoms with E-state index in [2.05, 4.69) is 0 Å². The lowest BCUT2D eigenvalue weighted by atomic mass is 9.93. The zero-order valence-corrected chi connectivity index (χ0v) is 7.26. The summed E-state index contributed by atoms with van der Waals surface area (Å²) in [5, 5.41) is 0. The standard InChI is InChI=1S/C8H15NO2/c1-5(2)6(9)7(10)8(3)4-11-8/h5-6H,4,9H2,1-3H3. The van der Waals surface area contributed by atoms with Gasteiger partial charge in [-0.1, -0.05) is 13.8 Å². The number of carbonyl (C=O) groups is 1. The van der Waals surface area contributed by atoms with E-state index < -0.39 is 5.60 Å². The van der Waals surface area contributed by atoms with Crippen molar-refractivity contribution in [3.8, 4) is 0 Å². The molecule has 2 atom stereocenters. The van der Waals surface area contributed by atoms with Crippen molar-refractivity contribution in [3.05, 3.63) is 0 Å². The van der Waals surface area contributed by atoms with Crippen molar-refractivity contribution in [2.45, 2.75) is 32.4 Å². The average molecular weight is 157 g/mol. The molecule has 1 aliphatic rings. The highest BCUT2D eigenvalue weighted by Crippen LogP contribution is 2.28. The molecule has 64 valence electrons. The van der Waals surface area contributed by atoms with Crippen LogP contribution in [-0.2, 0) is 9.53 Å². The van der Waals surface area contributed by atoms with E-state index >= 15 is 0 Å². The number of hydrogen-bond acceptors (Lipinski definition) is 3. The number of rotatable bonds is 3. The first-order valence-electron chi connectivity index (χ1n) is 3.91. The predicted octanol–water partition coefficient (Wildman–Crippen LogP) is 0.328. The molecule has 0 aromatic heterocycles. The van der Waals surface area contributed by atoms with Crippen LogP contribution in [0.5, 0.6) is 0 Å². The highest BCUT2D eigenvalue weighted by Gasteiger charge is 2.49. The van der Waals surface area contributed by atoms with Crippen LogP contribution in [0.1, 0.15) is 20.8 Å². The lowest BCUT2D eigenvalue weighted by molar-refractivity contribution is -0.125. The summed E-state index contributed by atoms with van der Waals surface area (Å²) >= 11 is 0. The number of hydrogen-bond donors (Lipinski definition) is 1. The smallest absolute Gasteiger partial charge is 0.183 e. The summed E-state index contributed by atoms with van der Waals surface area (Å²) in [6.45, 7) is 6.20. The van der Waals surface area contributed by atoms with Crippen LogP contribution in [0.25, 0.3) is 0 Å². The summed E-state index contributed by atoms with van der Waals surface area (Å²) in [4.78, 5) is 11.4. The topological polar surface area (TPSA) is 55.6 Å². The maximum absolute atomic E-state index is 11.4. The van der Waals surface area contributed by atoms with Gasteiger partial charge < -0.3 is 10.5 Å². The molecule has 2 unspecified atom stereocenters. The zero-order valence-electron chi connectivity index (χ0n) is 7.26. The molecule has 1 fully saturated rings. The van der Waals surface area contributed by atoms with Crippen molar-refractivity contribution in [2.24, 2.45) is 11.7 Å². The van der Waals surface area contributed by atoms with Crippen LogP contribution in [0, 0.1) is 5.92 Å². The van der Waals surface area contributed by atoms with Crippen LogP contribution in [-0.4, -0.2) is 24.0 Å². The van der Waals surface area contributed by atoms with Crippen LogP contribution >= 0.6 is 0 Å². The Labute approximate surface area is 66.9 Å². The van der Waals surface area contributed by atoms with E-state index in [0.29, 0.717) is 6.61 Å². The van der Waals surface area contributed by atoms with Gasteiger partial charge in [0.1, 0.15) is 5.60 Å². The molecule has 11 heavy (non-hydrogen) atoms. The third-order valence-corrected chi connectivity index (χ3v) is 2.12. The summed E-state index contributed by atoms with van der Waals surface area (Å²) < 4.78 is 5.00. The molecule has 0 amide bonds. The highest BCUT2D eigenvalue weighted by molar-refractivity contribution is 5.93. The molecule has 3 nitrogen and oxygen atoms in total. The molecule has 0 aromatic carbocycles. The molecule has 3 heteroatoms. The Balaban J connectivity index is 2.54. The number of ketones is 1. The van der Waals surface area contributed by atoms with E-state index in [4.69, 9.17) is 10.5 Å². The van der Waals surface area contributed by atoms with Gasteiger partial charge in [0.2, 0.25) is 0 Å². The van der Waals surface area contributed by atoms with Crippen LogP contribution in [0.3, 0.4) is 0 Å². The molecule has 0 spiro atoms. The average Bonchev–Trinajstić information content (AvgIpc) is 2.66. The third kappa shape index (κ3) is 1.60. The molecule has 0 bridgehead atoms. The van der Waals surface area contributed by atoms with Gasteiger partial charge in [0.05, 0.1) is 12.6 Å².